The maximum atomic E-state index is 12.8. The maximum absolute atomic E-state index is 12.8. The molecule has 0 bridgehead atoms. The highest BCUT2D eigenvalue weighted by molar-refractivity contribution is 7.80. The zero-order chi connectivity index (χ0) is 22.2. The van der Waals surface area contributed by atoms with Gasteiger partial charge in [-0.25, -0.2) is 0 Å². The van der Waals surface area contributed by atoms with Gasteiger partial charge in [0.25, 0.3) is 5.91 Å². The highest BCUT2D eigenvalue weighted by atomic mass is 35.5. The van der Waals surface area contributed by atoms with E-state index in [1.54, 1.807) is 54.4 Å². The molecular formula is C24H22ClN3O2S. The van der Waals surface area contributed by atoms with Crippen molar-refractivity contribution in [2.45, 2.75) is 13.0 Å². The number of hydrogen-bond acceptors (Lipinski definition) is 3. The van der Waals surface area contributed by atoms with Gasteiger partial charge in [0.05, 0.1) is 17.7 Å². The first-order chi connectivity index (χ1) is 14.9. The van der Waals surface area contributed by atoms with Gasteiger partial charge in [-0.2, -0.15) is 0 Å². The second kappa shape index (κ2) is 10.7. The third-order valence-electron chi connectivity index (χ3n) is 4.63. The van der Waals surface area contributed by atoms with Gasteiger partial charge in [0.1, 0.15) is 0 Å². The van der Waals surface area contributed by atoms with E-state index in [2.05, 4.69) is 10.6 Å². The van der Waals surface area contributed by atoms with Gasteiger partial charge in [-0.05, 0) is 47.6 Å². The number of benzene rings is 3. The number of nitrogens with zero attached hydrogens (tertiary/aromatic N) is 1. The number of carbonyl (C=O) groups excluding carboxylic acids is 2. The predicted molar refractivity (Wildman–Crippen MR) is 128 cm³/mol. The molecule has 0 aliphatic heterocycles. The van der Waals surface area contributed by atoms with E-state index in [-0.39, 0.29) is 23.3 Å². The number of carbonyl (C=O) groups is 2. The van der Waals surface area contributed by atoms with Crippen LogP contribution in [-0.4, -0.2) is 24.0 Å². The molecular weight excluding hydrogens is 430 g/mol. The SMILES string of the molecule is CN(C(=S)NC(=O)Cc1ccc(Cl)cc1)c1ccccc1C(=O)NCc1ccccc1. The number of rotatable bonds is 6. The normalized spacial score (nSPS) is 10.3. The summed E-state index contributed by atoms with van der Waals surface area (Å²) in [5.41, 5.74) is 2.90. The summed E-state index contributed by atoms with van der Waals surface area (Å²) in [4.78, 5) is 26.8. The molecule has 0 aromatic heterocycles. The molecule has 0 atom stereocenters. The highest BCUT2D eigenvalue weighted by Crippen LogP contribution is 2.20. The van der Waals surface area contributed by atoms with Crippen LogP contribution in [0.2, 0.25) is 5.02 Å². The summed E-state index contributed by atoms with van der Waals surface area (Å²) in [5.74, 6) is -0.466. The van der Waals surface area contributed by atoms with E-state index in [0.717, 1.165) is 11.1 Å². The van der Waals surface area contributed by atoms with E-state index in [4.69, 9.17) is 23.8 Å². The lowest BCUT2D eigenvalue weighted by atomic mass is 10.1. The predicted octanol–water partition coefficient (Wildman–Crippen LogP) is 4.35. The number of halogens is 1. The fourth-order valence-corrected chi connectivity index (χ4v) is 3.31. The number of hydrogen-bond donors (Lipinski definition) is 2. The Bertz CT molecular complexity index is 1070. The lowest BCUT2D eigenvalue weighted by molar-refractivity contribution is -0.119. The van der Waals surface area contributed by atoms with Gasteiger partial charge in [-0.15, -0.1) is 0 Å². The van der Waals surface area contributed by atoms with Crippen LogP contribution in [0.15, 0.2) is 78.9 Å². The molecule has 31 heavy (non-hydrogen) atoms. The number of amides is 2. The molecule has 0 heterocycles. The molecule has 0 saturated carbocycles. The van der Waals surface area contributed by atoms with Crippen LogP contribution < -0.4 is 15.5 Å². The average Bonchev–Trinajstić information content (AvgIpc) is 2.79. The van der Waals surface area contributed by atoms with Crippen molar-refractivity contribution in [2.24, 2.45) is 0 Å². The highest BCUT2D eigenvalue weighted by Gasteiger charge is 2.17. The summed E-state index contributed by atoms with van der Waals surface area (Å²) in [6, 6.07) is 23.8. The third-order valence-corrected chi connectivity index (χ3v) is 5.26. The molecule has 0 radical (unpaired) electrons. The Kier molecular flexibility index (Phi) is 7.76. The Morgan fingerprint density at radius 3 is 2.26 bits per heavy atom. The van der Waals surface area contributed by atoms with Crippen LogP contribution in [0.1, 0.15) is 21.5 Å². The summed E-state index contributed by atoms with van der Waals surface area (Å²) in [7, 11) is 1.72. The fraction of sp³-hybridized carbons (Fsp3) is 0.125. The van der Waals surface area contributed by atoms with Crippen molar-refractivity contribution in [3.63, 3.8) is 0 Å². The molecule has 0 saturated heterocycles. The van der Waals surface area contributed by atoms with Gasteiger partial charge >= 0.3 is 0 Å². The van der Waals surface area contributed by atoms with Gasteiger partial charge in [-0.3, -0.25) is 9.59 Å². The lowest BCUT2D eigenvalue weighted by Crippen LogP contribution is -2.42. The van der Waals surface area contributed by atoms with Crippen LogP contribution in [0.25, 0.3) is 0 Å². The first-order valence-corrected chi connectivity index (χ1v) is 10.5. The smallest absolute Gasteiger partial charge is 0.253 e. The number of para-hydroxylation sites is 1. The molecule has 0 spiro atoms. The maximum Gasteiger partial charge on any atom is 0.253 e. The quantitative estimate of drug-likeness (QED) is 0.547. The Balaban J connectivity index is 1.64. The van der Waals surface area contributed by atoms with Crippen LogP contribution in [0, 0.1) is 0 Å². The van der Waals surface area contributed by atoms with E-state index in [9.17, 15) is 9.59 Å². The Morgan fingerprint density at radius 1 is 0.903 bits per heavy atom. The first kappa shape index (κ1) is 22.5. The molecule has 0 aliphatic rings. The van der Waals surface area contributed by atoms with Crippen molar-refractivity contribution in [3.05, 3.63) is 101 Å². The minimum absolute atomic E-state index is 0.171. The summed E-state index contributed by atoms with van der Waals surface area (Å²) < 4.78 is 0. The van der Waals surface area contributed by atoms with Gasteiger partial charge in [0, 0.05) is 18.6 Å². The Morgan fingerprint density at radius 2 is 1.55 bits per heavy atom. The van der Waals surface area contributed by atoms with Crippen LogP contribution in [-0.2, 0) is 17.8 Å². The molecule has 5 nitrogen and oxygen atoms in total. The third kappa shape index (κ3) is 6.38. The van der Waals surface area contributed by atoms with Gasteiger partial charge in [0.15, 0.2) is 5.11 Å². The molecule has 0 unspecified atom stereocenters. The van der Waals surface area contributed by atoms with E-state index in [0.29, 0.717) is 22.8 Å². The van der Waals surface area contributed by atoms with Crippen molar-refractivity contribution in [2.75, 3.05) is 11.9 Å². The molecule has 2 N–H and O–H groups in total. The minimum atomic E-state index is -0.245. The lowest BCUT2D eigenvalue weighted by Gasteiger charge is -2.23. The first-order valence-electron chi connectivity index (χ1n) is 9.67. The van der Waals surface area contributed by atoms with E-state index >= 15 is 0 Å². The molecule has 158 valence electrons. The molecule has 3 aromatic carbocycles. The van der Waals surface area contributed by atoms with Crippen LogP contribution in [0.5, 0.6) is 0 Å². The molecule has 3 aromatic rings. The molecule has 0 fully saturated rings. The topological polar surface area (TPSA) is 61.4 Å². The van der Waals surface area contributed by atoms with E-state index in [1.807, 2.05) is 36.4 Å². The van der Waals surface area contributed by atoms with Crippen LogP contribution in [0.3, 0.4) is 0 Å². The molecule has 3 rings (SSSR count). The second-order valence-electron chi connectivity index (χ2n) is 6.90. The van der Waals surface area contributed by atoms with Crippen molar-refractivity contribution >= 4 is 46.4 Å². The monoisotopic (exact) mass is 451 g/mol. The summed E-state index contributed by atoms with van der Waals surface area (Å²) >= 11 is 11.3. The minimum Gasteiger partial charge on any atom is -0.348 e. The Hall–Kier alpha value is -3.22. The van der Waals surface area contributed by atoms with E-state index in [1.165, 1.54) is 0 Å². The number of thiocarbonyl (C=S) groups is 1. The summed E-state index contributed by atoms with van der Waals surface area (Å²) in [6.45, 7) is 0.417. The summed E-state index contributed by atoms with van der Waals surface area (Å²) in [5, 5.41) is 6.46. The largest absolute Gasteiger partial charge is 0.348 e. The van der Waals surface area contributed by atoms with Gasteiger partial charge < -0.3 is 15.5 Å². The van der Waals surface area contributed by atoms with Crippen molar-refractivity contribution in [3.8, 4) is 0 Å². The van der Waals surface area contributed by atoms with Crippen molar-refractivity contribution in [1.29, 1.82) is 0 Å². The summed E-state index contributed by atoms with van der Waals surface area (Å²) in [6.07, 6.45) is 0.171. The zero-order valence-electron chi connectivity index (χ0n) is 17.0. The number of anilines is 1. The second-order valence-corrected chi connectivity index (χ2v) is 7.72. The van der Waals surface area contributed by atoms with Gasteiger partial charge in [0.2, 0.25) is 5.91 Å². The van der Waals surface area contributed by atoms with E-state index < -0.39 is 0 Å². The molecule has 0 aliphatic carbocycles. The Labute approximate surface area is 192 Å². The van der Waals surface area contributed by atoms with Crippen LogP contribution in [0.4, 0.5) is 5.69 Å². The zero-order valence-corrected chi connectivity index (χ0v) is 18.5. The van der Waals surface area contributed by atoms with Gasteiger partial charge in [-0.1, -0.05) is 66.2 Å². The molecule has 2 amide bonds. The van der Waals surface area contributed by atoms with Crippen molar-refractivity contribution in [1.82, 2.24) is 10.6 Å². The molecule has 7 heteroatoms. The standard InChI is InChI=1S/C24H22ClN3O2S/c1-28(24(31)27-22(29)15-17-11-13-19(25)14-12-17)21-10-6-5-9-20(21)23(30)26-16-18-7-3-2-4-8-18/h2-14H,15-16H2,1H3,(H,26,30)(H,27,29,31). The number of nitrogens with one attached hydrogen (secondary N) is 2. The van der Waals surface area contributed by atoms with Crippen molar-refractivity contribution < 1.29 is 9.59 Å². The fourth-order valence-electron chi connectivity index (χ4n) is 2.98. The van der Waals surface area contributed by atoms with Crippen LogP contribution >= 0.6 is 23.8 Å². The average molecular weight is 452 g/mol.